The smallest absolute Gasteiger partial charge is 0.287 e. The third-order valence-corrected chi connectivity index (χ3v) is 4.80. The van der Waals surface area contributed by atoms with E-state index in [2.05, 4.69) is 4.98 Å². The fourth-order valence-electron chi connectivity index (χ4n) is 2.51. The zero-order valence-electron chi connectivity index (χ0n) is 14.5. The van der Waals surface area contributed by atoms with Gasteiger partial charge in [-0.25, -0.2) is 4.98 Å². The molecule has 0 aliphatic rings. The molecule has 0 atom stereocenters. The summed E-state index contributed by atoms with van der Waals surface area (Å²) in [5, 5.41) is 0.278. The summed E-state index contributed by atoms with van der Waals surface area (Å²) in [6, 6.07) is 14.6. The van der Waals surface area contributed by atoms with E-state index in [9.17, 15) is 9.59 Å². The standard InChI is InChI=1S/C20H18N2O3S/c1-14-8-9-18(25-2)16(12-14)22-11-10-21-19(20(22)24)26-13-17(23)15-6-4-3-5-7-15/h3-12H,13H2,1-2H3. The second-order valence-electron chi connectivity index (χ2n) is 5.66. The summed E-state index contributed by atoms with van der Waals surface area (Å²) in [6.45, 7) is 1.95. The number of ketones is 1. The normalized spacial score (nSPS) is 10.5. The molecule has 0 unspecified atom stereocenters. The van der Waals surface area contributed by atoms with Crippen molar-refractivity contribution >= 4 is 17.5 Å². The van der Waals surface area contributed by atoms with Gasteiger partial charge in [-0.2, -0.15) is 0 Å². The van der Waals surface area contributed by atoms with Crippen LogP contribution in [0.3, 0.4) is 0 Å². The van der Waals surface area contributed by atoms with Crippen molar-refractivity contribution in [2.75, 3.05) is 12.9 Å². The number of Topliss-reactive ketones (excluding diaryl/α,β-unsaturated/α-hetero) is 1. The SMILES string of the molecule is COc1ccc(C)cc1-n1ccnc(SCC(=O)c2ccccc2)c1=O. The summed E-state index contributed by atoms with van der Waals surface area (Å²) in [6.07, 6.45) is 3.15. The molecule has 3 rings (SSSR count). The van der Waals surface area contributed by atoms with Crippen molar-refractivity contribution in [1.29, 1.82) is 0 Å². The first kappa shape index (κ1) is 17.9. The monoisotopic (exact) mass is 366 g/mol. The van der Waals surface area contributed by atoms with Gasteiger partial charge in [0.1, 0.15) is 5.75 Å². The summed E-state index contributed by atoms with van der Waals surface area (Å²) in [4.78, 5) is 29.2. The Labute approximate surface area is 155 Å². The van der Waals surface area contributed by atoms with E-state index in [0.29, 0.717) is 17.0 Å². The van der Waals surface area contributed by atoms with Crippen LogP contribution in [0.5, 0.6) is 5.75 Å². The Bertz CT molecular complexity index is 984. The molecule has 3 aromatic rings. The highest BCUT2D eigenvalue weighted by Crippen LogP contribution is 2.23. The quantitative estimate of drug-likeness (QED) is 0.493. The molecule has 0 spiro atoms. The Morgan fingerprint density at radius 2 is 1.96 bits per heavy atom. The molecule has 5 nitrogen and oxygen atoms in total. The van der Waals surface area contributed by atoms with Crippen LogP contribution in [0.15, 0.2) is 70.7 Å². The molecular formula is C20H18N2O3S. The molecule has 132 valence electrons. The maximum absolute atomic E-state index is 12.8. The third kappa shape index (κ3) is 3.86. The lowest BCUT2D eigenvalue weighted by molar-refractivity contribution is 0.102. The van der Waals surface area contributed by atoms with Crippen molar-refractivity contribution in [2.24, 2.45) is 0 Å². The number of ether oxygens (including phenoxy) is 1. The molecule has 0 radical (unpaired) electrons. The molecule has 0 amide bonds. The lowest BCUT2D eigenvalue weighted by atomic mass is 10.2. The van der Waals surface area contributed by atoms with Crippen molar-refractivity contribution in [3.05, 3.63) is 82.4 Å². The highest BCUT2D eigenvalue weighted by Gasteiger charge is 2.13. The summed E-state index contributed by atoms with van der Waals surface area (Å²) in [7, 11) is 1.56. The highest BCUT2D eigenvalue weighted by atomic mass is 32.2. The van der Waals surface area contributed by atoms with Gasteiger partial charge in [0.2, 0.25) is 0 Å². The molecule has 1 aromatic heterocycles. The van der Waals surface area contributed by atoms with Crippen molar-refractivity contribution < 1.29 is 9.53 Å². The largest absolute Gasteiger partial charge is 0.495 e. The molecule has 0 saturated carbocycles. The van der Waals surface area contributed by atoms with E-state index in [-0.39, 0.29) is 22.1 Å². The first-order chi connectivity index (χ1) is 12.6. The number of nitrogens with zero attached hydrogens (tertiary/aromatic N) is 2. The van der Waals surface area contributed by atoms with Crippen molar-refractivity contribution in [2.45, 2.75) is 11.9 Å². The van der Waals surface area contributed by atoms with Gasteiger partial charge in [0.05, 0.1) is 18.6 Å². The molecular weight excluding hydrogens is 348 g/mol. The molecule has 0 aliphatic heterocycles. The lowest BCUT2D eigenvalue weighted by Crippen LogP contribution is -2.21. The van der Waals surface area contributed by atoms with Crippen molar-refractivity contribution in [3.8, 4) is 11.4 Å². The van der Waals surface area contributed by atoms with Crippen molar-refractivity contribution in [1.82, 2.24) is 9.55 Å². The first-order valence-corrected chi connectivity index (χ1v) is 9.02. The average Bonchev–Trinajstić information content (AvgIpc) is 2.67. The highest BCUT2D eigenvalue weighted by molar-refractivity contribution is 7.99. The van der Waals surface area contributed by atoms with Crippen molar-refractivity contribution in [3.63, 3.8) is 0 Å². The second-order valence-corrected chi connectivity index (χ2v) is 6.62. The maximum atomic E-state index is 12.8. The Hall–Kier alpha value is -2.86. The van der Waals surface area contributed by atoms with Gasteiger partial charge in [-0.15, -0.1) is 0 Å². The zero-order valence-corrected chi connectivity index (χ0v) is 15.3. The van der Waals surface area contributed by atoms with E-state index in [1.54, 1.807) is 31.6 Å². The number of hydrogen-bond acceptors (Lipinski definition) is 5. The Morgan fingerprint density at radius 1 is 1.19 bits per heavy atom. The number of aryl methyl sites for hydroxylation is 1. The number of carbonyl (C=O) groups is 1. The third-order valence-electron chi connectivity index (χ3n) is 3.84. The number of methoxy groups -OCH3 is 1. The molecule has 0 fully saturated rings. The predicted molar refractivity (Wildman–Crippen MR) is 103 cm³/mol. The molecule has 6 heteroatoms. The van der Waals surface area contributed by atoms with E-state index in [0.717, 1.165) is 17.3 Å². The van der Waals surface area contributed by atoms with Gasteiger partial charge in [-0.1, -0.05) is 48.2 Å². The fourth-order valence-corrected chi connectivity index (χ4v) is 3.30. The van der Waals surface area contributed by atoms with Gasteiger partial charge < -0.3 is 4.74 Å². The van der Waals surface area contributed by atoms with Gasteiger partial charge in [0.25, 0.3) is 5.56 Å². The van der Waals surface area contributed by atoms with Gasteiger partial charge in [-0.3, -0.25) is 14.2 Å². The lowest BCUT2D eigenvalue weighted by Gasteiger charge is -2.12. The predicted octanol–water partition coefficient (Wildman–Crippen LogP) is 3.52. The van der Waals surface area contributed by atoms with E-state index in [1.807, 2.05) is 43.3 Å². The minimum absolute atomic E-state index is 0.0414. The van der Waals surface area contributed by atoms with Gasteiger partial charge in [-0.05, 0) is 24.6 Å². The average molecular weight is 366 g/mol. The summed E-state index contributed by atoms with van der Waals surface area (Å²) in [5.41, 5.74) is 2.01. The molecule has 26 heavy (non-hydrogen) atoms. The fraction of sp³-hybridized carbons (Fsp3) is 0.150. The first-order valence-electron chi connectivity index (χ1n) is 8.04. The Kier molecular flexibility index (Phi) is 5.53. The van der Waals surface area contributed by atoms with Crippen LogP contribution in [0.2, 0.25) is 0 Å². The van der Waals surface area contributed by atoms with E-state index in [1.165, 1.54) is 4.57 Å². The number of hydrogen-bond donors (Lipinski definition) is 0. The van der Waals surface area contributed by atoms with E-state index in [4.69, 9.17) is 4.74 Å². The Balaban J connectivity index is 1.88. The molecule has 2 aromatic carbocycles. The van der Waals surface area contributed by atoms with Gasteiger partial charge >= 0.3 is 0 Å². The van der Waals surface area contributed by atoms with Crippen LogP contribution >= 0.6 is 11.8 Å². The van der Waals surface area contributed by atoms with Crippen LogP contribution in [-0.2, 0) is 0 Å². The number of carbonyl (C=O) groups excluding carboxylic acids is 1. The minimum Gasteiger partial charge on any atom is -0.495 e. The number of thioether (sulfide) groups is 1. The second kappa shape index (κ2) is 8.01. The maximum Gasteiger partial charge on any atom is 0.287 e. The van der Waals surface area contributed by atoms with Crippen LogP contribution in [0, 0.1) is 6.92 Å². The van der Waals surface area contributed by atoms with E-state index < -0.39 is 0 Å². The van der Waals surface area contributed by atoms with Crippen LogP contribution in [0.4, 0.5) is 0 Å². The zero-order chi connectivity index (χ0) is 18.5. The van der Waals surface area contributed by atoms with Crippen LogP contribution in [-0.4, -0.2) is 28.2 Å². The molecule has 0 N–H and O–H groups in total. The van der Waals surface area contributed by atoms with Crippen LogP contribution in [0.25, 0.3) is 5.69 Å². The Morgan fingerprint density at radius 3 is 2.69 bits per heavy atom. The number of benzene rings is 2. The minimum atomic E-state index is -0.276. The van der Waals surface area contributed by atoms with Crippen LogP contribution in [0.1, 0.15) is 15.9 Å². The van der Waals surface area contributed by atoms with Crippen LogP contribution < -0.4 is 10.3 Å². The van der Waals surface area contributed by atoms with E-state index >= 15 is 0 Å². The summed E-state index contributed by atoms with van der Waals surface area (Å²) >= 11 is 1.14. The molecule has 1 heterocycles. The molecule has 0 saturated heterocycles. The topological polar surface area (TPSA) is 61.2 Å². The van der Waals surface area contributed by atoms with Gasteiger partial charge in [0, 0.05) is 18.0 Å². The number of rotatable bonds is 6. The number of aromatic nitrogens is 2. The molecule has 0 bridgehead atoms. The molecule has 0 aliphatic carbocycles. The van der Waals surface area contributed by atoms with Gasteiger partial charge in [0.15, 0.2) is 10.8 Å². The summed E-state index contributed by atoms with van der Waals surface area (Å²) < 4.78 is 6.86. The summed E-state index contributed by atoms with van der Waals surface area (Å²) in [5.74, 6) is 0.710.